The van der Waals surface area contributed by atoms with E-state index in [9.17, 15) is 14.9 Å². The number of carbonyl (C=O) groups is 1. The van der Waals surface area contributed by atoms with E-state index < -0.39 is 4.92 Å². The van der Waals surface area contributed by atoms with Gasteiger partial charge in [-0.15, -0.1) is 0 Å². The van der Waals surface area contributed by atoms with Crippen molar-refractivity contribution in [2.24, 2.45) is 0 Å². The molecular weight excluding hydrogens is 400 g/mol. The highest BCUT2D eigenvalue weighted by molar-refractivity contribution is 9.13. The van der Waals surface area contributed by atoms with E-state index in [4.69, 9.17) is 0 Å². The fraction of sp³-hybridized carbons (Fsp3) is 0.222. The van der Waals surface area contributed by atoms with Gasteiger partial charge in [0.15, 0.2) is 5.69 Å². The van der Waals surface area contributed by atoms with Gasteiger partial charge in [0.2, 0.25) is 0 Å². The fourth-order valence-corrected chi connectivity index (χ4v) is 2.03. The second-order valence-corrected chi connectivity index (χ2v) is 5.26. The predicted molar refractivity (Wildman–Crippen MR) is 75.2 cm³/mol. The van der Waals surface area contributed by atoms with Crippen molar-refractivity contribution >= 4 is 43.5 Å². The number of nitrogens with one attached hydrogen (secondary N) is 2. The molecule has 0 aliphatic heterocycles. The second kappa shape index (κ2) is 6.13. The number of hydrogen-bond donors (Lipinski definition) is 2. The van der Waals surface area contributed by atoms with Crippen LogP contribution in [0.2, 0.25) is 0 Å². The lowest BCUT2D eigenvalue weighted by molar-refractivity contribution is -0.385. The molecule has 0 saturated heterocycles. The highest BCUT2D eigenvalue weighted by Crippen LogP contribution is 2.23. The van der Waals surface area contributed by atoms with Crippen molar-refractivity contribution in [3.05, 3.63) is 37.3 Å². The molecular formula is C9H8Br2N6O3. The molecule has 0 bridgehead atoms. The van der Waals surface area contributed by atoms with Crippen LogP contribution in [0.25, 0.3) is 0 Å². The van der Waals surface area contributed by atoms with E-state index in [0.717, 1.165) is 6.20 Å². The fourth-order valence-electron chi connectivity index (χ4n) is 1.39. The third kappa shape index (κ3) is 3.22. The van der Waals surface area contributed by atoms with E-state index in [2.05, 4.69) is 52.5 Å². The number of H-pyrrole nitrogens is 1. The van der Waals surface area contributed by atoms with E-state index in [-0.39, 0.29) is 23.8 Å². The first kappa shape index (κ1) is 14.7. The first-order valence-corrected chi connectivity index (χ1v) is 6.92. The average Bonchev–Trinajstić information content (AvgIpc) is 2.98. The van der Waals surface area contributed by atoms with Gasteiger partial charge in [0.05, 0.1) is 15.9 Å². The Kier molecular flexibility index (Phi) is 4.49. The van der Waals surface area contributed by atoms with Crippen LogP contribution >= 0.6 is 31.9 Å². The highest BCUT2D eigenvalue weighted by atomic mass is 79.9. The first-order chi connectivity index (χ1) is 9.49. The van der Waals surface area contributed by atoms with Crippen molar-refractivity contribution in [3.8, 4) is 0 Å². The molecule has 0 aliphatic rings. The van der Waals surface area contributed by atoms with E-state index in [0.29, 0.717) is 15.6 Å². The summed E-state index contributed by atoms with van der Waals surface area (Å²) < 4.78 is 2.49. The summed E-state index contributed by atoms with van der Waals surface area (Å²) in [6.45, 7) is 0.595. The number of aromatic amines is 1. The van der Waals surface area contributed by atoms with E-state index in [1.165, 1.54) is 10.9 Å². The van der Waals surface area contributed by atoms with Crippen molar-refractivity contribution in [2.45, 2.75) is 6.54 Å². The summed E-state index contributed by atoms with van der Waals surface area (Å²) in [5.41, 5.74) is 0.138. The molecule has 2 aromatic rings. The predicted octanol–water partition coefficient (Wildman–Crippen LogP) is 1.47. The monoisotopic (exact) mass is 406 g/mol. The molecule has 2 rings (SSSR count). The van der Waals surface area contributed by atoms with Crippen LogP contribution in [0, 0.1) is 10.1 Å². The van der Waals surface area contributed by atoms with Gasteiger partial charge >= 0.3 is 5.69 Å². The topological polar surface area (TPSA) is 119 Å². The molecule has 0 fully saturated rings. The van der Waals surface area contributed by atoms with Gasteiger partial charge in [-0.05, 0) is 31.9 Å². The van der Waals surface area contributed by atoms with Gasteiger partial charge in [-0.3, -0.25) is 24.7 Å². The van der Waals surface area contributed by atoms with Crippen molar-refractivity contribution in [1.29, 1.82) is 0 Å². The number of hydrogen-bond acceptors (Lipinski definition) is 5. The molecule has 0 aliphatic carbocycles. The van der Waals surface area contributed by atoms with Gasteiger partial charge in [0, 0.05) is 6.54 Å². The molecule has 106 valence electrons. The first-order valence-electron chi connectivity index (χ1n) is 5.33. The maximum atomic E-state index is 11.8. The third-order valence-corrected chi connectivity index (χ3v) is 4.22. The third-order valence-electron chi connectivity index (χ3n) is 2.34. The van der Waals surface area contributed by atoms with Gasteiger partial charge in [-0.2, -0.15) is 10.2 Å². The van der Waals surface area contributed by atoms with E-state index >= 15 is 0 Å². The smallest absolute Gasteiger partial charge is 0.306 e. The van der Waals surface area contributed by atoms with E-state index in [1.807, 2.05) is 0 Å². The number of carbonyl (C=O) groups excluding carboxylic acids is 1. The Morgan fingerprint density at radius 3 is 2.85 bits per heavy atom. The standard InChI is InChI=1S/C9H8Br2N6O3/c10-6-7(14-15-8(6)11)9(18)12-1-2-16-4-5(3-13-16)17(19)20/h3-4H,1-2H2,(H,12,18)(H,14,15). The summed E-state index contributed by atoms with van der Waals surface area (Å²) in [5, 5.41) is 23.4. The normalized spacial score (nSPS) is 10.5. The van der Waals surface area contributed by atoms with Crippen LogP contribution in [0.4, 0.5) is 5.69 Å². The summed E-state index contributed by atoms with van der Waals surface area (Å²) in [7, 11) is 0. The van der Waals surface area contributed by atoms with Crippen LogP contribution in [0.5, 0.6) is 0 Å². The lowest BCUT2D eigenvalue weighted by Gasteiger charge is -2.03. The molecule has 11 heteroatoms. The van der Waals surface area contributed by atoms with Crippen LogP contribution in [0.1, 0.15) is 10.5 Å². The molecule has 2 N–H and O–H groups in total. The van der Waals surface area contributed by atoms with Gasteiger partial charge in [0.25, 0.3) is 5.91 Å². The lowest BCUT2D eigenvalue weighted by atomic mass is 10.4. The van der Waals surface area contributed by atoms with Crippen LogP contribution in [0.3, 0.4) is 0 Å². The molecule has 2 heterocycles. The average molecular weight is 408 g/mol. The van der Waals surface area contributed by atoms with Crippen molar-refractivity contribution in [1.82, 2.24) is 25.3 Å². The minimum Gasteiger partial charge on any atom is -0.349 e. The molecule has 20 heavy (non-hydrogen) atoms. The van der Waals surface area contributed by atoms with Gasteiger partial charge < -0.3 is 5.32 Å². The minimum absolute atomic E-state index is 0.0877. The molecule has 2 aromatic heterocycles. The Bertz CT molecular complexity index is 652. The summed E-state index contributed by atoms with van der Waals surface area (Å²) in [5.74, 6) is -0.361. The zero-order valence-electron chi connectivity index (χ0n) is 9.84. The zero-order chi connectivity index (χ0) is 14.7. The molecule has 0 saturated carbocycles. The maximum Gasteiger partial charge on any atom is 0.306 e. The van der Waals surface area contributed by atoms with Crippen LogP contribution in [-0.2, 0) is 6.54 Å². The molecule has 0 radical (unpaired) electrons. The molecule has 0 aromatic carbocycles. The van der Waals surface area contributed by atoms with Gasteiger partial charge in [-0.25, -0.2) is 0 Å². The number of halogens is 2. The maximum absolute atomic E-state index is 11.8. The van der Waals surface area contributed by atoms with Crippen LogP contribution in [0.15, 0.2) is 21.5 Å². The van der Waals surface area contributed by atoms with E-state index in [1.54, 1.807) is 0 Å². The Hall–Kier alpha value is -1.75. The van der Waals surface area contributed by atoms with Crippen molar-refractivity contribution in [2.75, 3.05) is 6.54 Å². The number of amides is 1. The Labute approximate surface area is 129 Å². The summed E-state index contributed by atoms with van der Waals surface area (Å²) in [6.07, 6.45) is 2.45. The van der Waals surface area contributed by atoms with Gasteiger partial charge in [-0.1, -0.05) is 0 Å². The Morgan fingerprint density at radius 1 is 1.55 bits per heavy atom. The SMILES string of the molecule is O=C(NCCn1cc([N+](=O)[O-])cn1)c1n[nH]c(Br)c1Br. The van der Waals surface area contributed by atoms with Crippen molar-refractivity contribution < 1.29 is 9.72 Å². The number of aromatic nitrogens is 4. The second-order valence-electron chi connectivity index (χ2n) is 3.67. The Balaban J connectivity index is 1.88. The highest BCUT2D eigenvalue weighted by Gasteiger charge is 2.16. The van der Waals surface area contributed by atoms with Gasteiger partial charge in [0.1, 0.15) is 17.0 Å². The summed E-state index contributed by atoms with van der Waals surface area (Å²) in [6, 6.07) is 0. The molecule has 0 unspecified atom stereocenters. The Morgan fingerprint density at radius 2 is 2.30 bits per heavy atom. The largest absolute Gasteiger partial charge is 0.349 e. The summed E-state index contributed by atoms with van der Waals surface area (Å²) in [4.78, 5) is 21.8. The molecule has 1 amide bonds. The van der Waals surface area contributed by atoms with Crippen molar-refractivity contribution in [3.63, 3.8) is 0 Å². The zero-order valence-corrected chi connectivity index (χ0v) is 13.0. The number of nitro groups is 1. The number of nitrogens with zero attached hydrogens (tertiary/aromatic N) is 4. The lowest BCUT2D eigenvalue weighted by Crippen LogP contribution is -2.27. The minimum atomic E-state index is -0.527. The molecule has 0 spiro atoms. The number of rotatable bonds is 5. The van der Waals surface area contributed by atoms with Crippen LogP contribution in [-0.4, -0.2) is 37.4 Å². The molecule has 0 atom stereocenters. The van der Waals surface area contributed by atoms with Crippen LogP contribution < -0.4 is 5.32 Å². The summed E-state index contributed by atoms with van der Waals surface area (Å²) >= 11 is 6.40. The molecule has 9 nitrogen and oxygen atoms in total. The quantitative estimate of drug-likeness (QED) is 0.574.